The molecule has 0 spiro atoms. The van der Waals surface area contributed by atoms with E-state index >= 15 is 0 Å². The van der Waals surface area contributed by atoms with Crippen LogP contribution in [0.15, 0.2) is 0 Å². The molecule has 0 saturated heterocycles. The topological polar surface area (TPSA) is 86.6 Å². The first-order valence-electron chi connectivity index (χ1n) is 5.79. The van der Waals surface area contributed by atoms with E-state index < -0.39 is 11.9 Å². The molecule has 2 atom stereocenters. The normalized spacial score (nSPS) is 37.8. The van der Waals surface area contributed by atoms with Gasteiger partial charge in [0.25, 0.3) is 0 Å². The summed E-state index contributed by atoms with van der Waals surface area (Å²) in [6, 6.07) is 0.117. The summed E-state index contributed by atoms with van der Waals surface area (Å²) in [7, 11) is 0. The molecule has 0 bridgehead atoms. The maximum atomic E-state index is 11.6. The Bertz CT molecular complexity index is 296. The Balaban J connectivity index is 1.74. The Hall–Kier alpha value is -1.10. The van der Waals surface area contributed by atoms with E-state index in [-0.39, 0.29) is 24.0 Å². The van der Waals surface area contributed by atoms with E-state index in [4.69, 9.17) is 5.11 Å². The first-order chi connectivity index (χ1) is 7.58. The first kappa shape index (κ1) is 11.4. The predicted octanol–water partition coefficient (Wildman–Crippen LogP) is 0.127. The van der Waals surface area contributed by atoms with Crippen LogP contribution in [-0.2, 0) is 9.59 Å². The Morgan fingerprint density at radius 2 is 1.69 bits per heavy atom. The van der Waals surface area contributed by atoms with Gasteiger partial charge in [-0.05, 0) is 32.1 Å². The summed E-state index contributed by atoms with van der Waals surface area (Å²) < 4.78 is 0. The average Bonchev–Trinajstić information content (AvgIpc) is 3.01. The van der Waals surface area contributed by atoms with Gasteiger partial charge in [-0.1, -0.05) is 0 Å². The summed E-state index contributed by atoms with van der Waals surface area (Å²) in [5.41, 5.74) is 0. The highest BCUT2D eigenvalue weighted by atomic mass is 16.4. The van der Waals surface area contributed by atoms with Gasteiger partial charge in [-0.2, -0.15) is 0 Å². The van der Waals surface area contributed by atoms with Gasteiger partial charge < -0.3 is 15.5 Å². The molecule has 2 aliphatic rings. The van der Waals surface area contributed by atoms with Crippen molar-refractivity contribution in [3.63, 3.8) is 0 Å². The number of aliphatic hydroxyl groups is 1. The minimum absolute atomic E-state index is 0.117. The van der Waals surface area contributed by atoms with Crippen LogP contribution in [-0.4, -0.2) is 34.2 Å². The van der Waals surface area contributed by atoms with Crippen LogP contribution in [0.1, 0.15) is 32.1 Å². The Morgan fingerprint density at radius 1 is 1.06 bits per heavy atom. The molecule has 3 N–H and O–H groups in total. The fourth-order valence-corrected chi connectivity index (χ4v) is 2.29. The van der Waals surface area contributed by atoms with E-state index in [9.17, 15) is 14.7 Å². The van der Waals surface area contributed by atoms with Gasteiger partial charge in [0.15, 0.2) is 0 Å². The van der Waals surface area contributed by atoms with Gasteiger partial charge >= 0.3 is 5.97 Å². The zero-order valence-electron chi connectivity index (χ0n) is 9.06. The molecule has 2 fully saturated rings. The van der Waals surface area contributed by atoms with Gasteiger partial charge in [0.05, 0.1) is 17.9 Å². The average molecular weight is 227 g/mol. The number of aliphatic carboxylic acids is 1. The van der Waals surface area contributed by atoms with Gasteiger partial charge in [-0.25, -0.2) is 0 Å². The molecule has 2 saturated carbocycles. The lowest BCUT2D eigenvalue weighted by Crippen LogP contribution is -2.39. The molecular formula is C11H17NO4. The van der Waals surface area contributed by atoms with Crippen LogP contribution in [0.3, 0.4) is 0 Å². The van der Waals surface area contributed by atoms with Crippen molar-refractivity contribution in [1.29, 1.82) is 0 Å². The fourth-order valence-electron chi connectivity index (χ4n) is 2.29. The minimum Gasteiger partial charge on any atom is -0.481 e. The molecule has 1 amide bonds. The highest BCUT2D eigenvalue weighted by Crippen LogP contribution is 2.39. The lowest BCUT2D eigenvalue weighted by molar-refractivity contribution is -0.140. The summed E-state index contributed by atoms with van der Waals surface area (Å²) in [6.45, 7) is 0. The van der Waals surface area contributed by atoms with E-state index in [1.807, 2.05) is 0 Å². The molecule has 0 radical (unpaired) electrons. The summed E-state index contributed by atoms with van der Waals surface area (Å²) in [6.07, 6.45) is 3.25. The second kappa shape index (κ2) is 4.41. The van der Waals surface area contributed by atoms with Crippen molar-refractivity contribution in [3.05, 3.63) is 0 Å². The van der Waals surface area contributed by atoms with Crippen molar-refractivity contribution in [2.75, 3.05) is 0 Å². The molecule has 5 heteroatoms. The fraction of sp³-hybridized carbons (Fsp3) is 0.818. The summed E-state index contributed by atoms with van der Waals surface area (Å²) >= 11 is 0. The number of rotatable bonds is 3. The molecule has 2 rings (SSSR count). The predicted molar refractivity (Wildman–Crippen MR) is 55.6 cm³/mol. The highest BCUT2D eigenvalue weighted by molar-refractivity contribution is 5.89. The van der Waals surface area contributed by atoms with Crippen molar-refractivity contribution in [2.24, 2.45) is 11.8 Å². The number of carboxylic acid groups (broad SMARTS) is 1. The smallest absolute Gasteiger partial charge is 0.307 e. The van der Waals surface area contributed by atoms with Crippen molar-refractivity contribution in [2.45, 2.75) is 44.2 Å². The number of hydrogen-bond donors (Lipinski definition) is 3. The molecule has 0 unspecified atom stereocenters. The number of nitrogens with one attached hydrogen (secondary N) is 1. The highest BCUT2D eigenvalue weighted by Gasteiger charge is 2.48. The molecule has 0 heterocycles. The van der Waals surface area contributed by atoms with E-state index in [0.29, 0.717) is 6.42 Å². The zero-order chi connectivity index (χ0) is 11.7. The molecule has 0 aromatic heterocycles. The third-order valence-corrected chi connectivity index (χ3v) is 3.49. The maximum Gasteiger partial charge on any atom is 0.307 e. The molecular weight excluding hydrogens is 210 g/mol. The van der Waals surface area contributed by atoms with E-state index in [1.54, 1.807) is 0 Å². The first-order valence-corrected chi connectivity index (χ1v) is 5.79. The van der Waals surface area contributed by atoms with Gasteiger partial charge in [0.2, 0.25) is 5.91 Å². The Kier molecular flexibility index (Phi) is 3.14. The molecule has 0 aliphatic heterocycles. The standard InChI is InChI=1S/C11H17NO4/c13-7-3-1-6(2-4-7)12-10(14)8-5-9(8)11(15)16/h6-9,13H,1-5H2,(H,12,14)(H,15,16)/t6?,7?,8-,9+/m1/s1. The molecule has 16 heavy (non-hydrogen) atoms. The van der Waals surface area contributed by atoms with Crippen LogP contribution in [0, 0.1) is 11.8 Å². The number of amides is 1. The third kappa shape index (κ3) is 2.52. The van der Waals surface area contributed by atoms with E-state index in [2.05, 4.69) is 5.32 Å². The van der Waals surface area contributed by atoms with Crippen molar-refractivity contribution in [1.82, 2.24) is 5.32 Å². The SMILES string of the molecule is O=C(O)[C@H]1C[C@H]1C(=O)NC1CCC(O)CC1. The molecule has 5 nitrogen and oxygen atoms in total. The number of aliphatic hydroxyl groups excluding tert-OH is 1. The molecule has 2 aliphatic carbocycles. The second-order valence-electron chi connectivity index (χ2n) is 4.80. The van der Waals surface area contributed by atoms with E-state index in [1.165, 1.54) is 0 Å². The van der Waals surface area contributed by atoms with Gasteiger partial charge in [-0.15, -0.1) is 0 Å². The molecule has 0 aromatic rings. The Labute approximate surface area is 93.8 Å². The van der Waals surface area contributed by atoms with Gasteiger partial charge in [-0.3, -0.25) is 9.59 Å². The summed E-state index contributed by atoms with van der Waals surface area (Å²) in [5.74, 6) is -1.81. The van der Waals surface area contributed by atoms with Crippen LogP contribution < -0.4 is 5.32 Å². The lowest BCUT2D eigenvalue weighted by atomic mass is 9.93. The second-order valence-corrected chi connectivity index (χ2v) is 4.80. The number of carboxylic acids is 1. The quantitative estimate of drug-likeness (QED) is 0.639. The van der Waals surface area contributed by atoms with Gasteiger partial charge in [0.1, 0.15) is 0 Å². The number of carbonyl (C=O) groups excluding carboxylic acids is 1. The lowest BCUT2D eigenvalue weighted by Gasteiger charge is -2.26. The number of hydrogen-bond acceptors (Lipinski definition) is 3. The zero-order valence-corrected chi connectivity index (χ0v) is 9.06. The maximum absolute atomic E-state index is 11.6. The monoisotopic (exact) mass is 227 g/mol. The summed E-state index contributed by atoms with van der Waals surface area (Å²) in [4.78, 5) is 22.2. The van der Waals surface area contributed by atoms with Crippen molar-refractivity contribution >= 4 is 11.9 Å². The molecule has 90 valence electrons. The Morgan fingerprint density at radius 3 is 2.19 bits per heavy atom. The van der Waals surface area contributed by atoms with Crippen molar-refractivity contribution < 1.29 is 19.8 Å². The van der Waals surface area contributed by atoms with Crippen LogP contribution in [0.5, 0.6) is 0 Å². The summed E-state index contributed by atoms with van der Waals surface area (Å²) in [5, 5.41) is 20.9. The third-order valence-electron chi connectivity index (χ3n) is 3.49. The van der Waals surface area contributed by atoms with Crippen molar-refractivity contribution in [3.8, 4) is 0 Å². The van der Waals surface area contributed by atoms with E-state index in [0.717, 1.165) is 25.7 Å². The van der Waals surface area contributed by atoms with Crippen LogP contribution in [0.25, 0.3) is 0 Å². The van der Waals surface area contributed by atoms with Crippen LogP contribution in [0.4, 0.5) is 0 Å². The largest absolute Gasteiger partial charge is 0.481 e. The van der Waals surface area contributed by atoms with Gasteiger partial charge in [0, 0.05) is 6.04 Å². The van der Waals surface area contributed by atoms with Crippen LogP contribution in [0.2, 0.25) is 0 Å². The van der Waals surface area contributed by atoms with Crippen LogP contribution >= 0.6 is 0 Å². The minimum atomic E-state index is -0.876. The molecule has 0 aromatic carbocycles. The number of carbonyl (C=O) groups is 2.